The van der Waals surface area contributed by atoms with Crippen LogP contribution in [-0.4, -0.2) is 10.1 Å². The Kier molecular flexibility index (Phi) is 2.95. The van der Waals surface area contributed by atoms with Crippen molar-refractivity contribution in [3.8, 4) is 22.8 Å². The van der Waals surface area contributed by atoms with Gasteiger partial charge in [0.15, 0.2) is 0 Å². The van der Waals surface area contributed by atoms with Crippen LogP contribution >= 0.6 is 0 Å². The number of nitrogens with two attached hydrogens (primary N) is 1. The van der Waals surface area contributed by atoms with E-state index in [0.717, 1.165) is 16.7 Å². The van der Waals surface area contributed by atoms with Crippen LogP contribution in [-0.2, 0) is 0 Å². The Morgan fingerprint density at radius 3 is 2.75 bits per heavy atom. The van der Waals surface area contributed by atoms with Gasteiger partial charge in [0.2, 0.25) is 5.82 Å². The number of hydrogen-bond acceptors (Lipinski definition) is 4. The third kappa shape index (κ3) is 2.25. The highest BCUT2D eigenvalue weighted by Gasteiger charge is 2.12. The van der Waals surface area contributed by atoms with E-state index in [9.17, 15) is 4.39 Å². The van der Waals surface area contributed by atoms with Gasteiger partial charge in [-0.2, -0.15) is 4.98 Å². The van der Waals surface area contributed by atoms with Crippen molar-refractivity contribution in [2.24, 2.45) is 0 Å². The second kappa shape index (κ2) is 4.77. The van der Waals surface area contributed by atoms with Crippen molar-refractivity contribution in [1.82, 2.24) is 10.1 Å². The molecule has 0 atom stereocenters. The first-order chi connectivity index (χ1) is 9.63. The number of halogens is 1. The average molecular weight is 269 g/mol. The Hall–Kier alpha value is -2.69. The molecule has 0 amide bonds. The van der Waals surface area contributed by atoms with Gasteiger partial charge in [-0.05, 0) is 48.9 Å². The normalized spacial score (nSPS) is 10.7. The van der Waals surface area contributed by atoms with Crippen LogP contribution in [0.2, 0.25) is 0 Å². The van der Waals surface area contributed by atoms with Crippen LogP contribution < -0.4 is 5.73 Å². The van der Waals surface area contributed by atoms with E-state index >= 15 is 0 Å². The van der Waals surface area contributed by atoms with E-state index in [4.69, 9.17) is 10.3 Å². The van der Waals surface area contributed by atoms with E-state index < -0.39 is 0 Å². The maximum absolute atomic E-state index is 13.1. The minimum Gasteiger partial charge on any atom is -0.399 e. The molecule has 0 bridgehead atoms. The minimum atomic E-state index is -0.286. The summed E-state index contributed by atoms with van der Waals surface area (Å²) in [5.74, 6) is 0.529. The third-order valence-electron chi connectivity index (χ3n) is 2.99. The summed E-state index contributed by atoms with van der Waals surface area (Å²) in [6.07, 6.45) is 0. The summed E-state index contributed by atoms with van der Waals surface area (Å²) in [6, 6.07) is 11.6. The van der Waals surface area contributed by atoms with Crippen LogP contribution in [0.15, 0.2) is 47.0 Å². The molecule has 5 heteroatoms. The third-order valence-corrected chi connectivity index (χ3v) is 2.99. The van der Waals surface area contributed by atoms with Crippen LogP contribution in [0.4, 0.5) is 10.1 Å². The van der Waals surface area contributed by atoms with E-state index in [1.807, 2.05) is 12.1 Å². The van der Waals surface area contributed by atoms with Crippen molar-refractivity contribution in [1.29, 1.82) is 0 Å². The van der Waals surface area contributed by atoms with Crippen LogP contribution in [0.25, 0.3) is 22.8 Å². The zero-order valence-corrected chi connectivity index (χ0v) is 10.8. The van der Waals surface area contributed by atoms with E-state index in [1.54, 1.807) is 25.1 Å². The Morgan fingerprint density at radius 1 is 1.15 bits per heavy atom. The van der Waals surface area contributed by atoms with Crippen molar-refractivity contribution in [2.45, 2.75) is 6.92 Å². The monoisotopic (exact) mass is 269 g/mol. The minimum absolute atomic E-state index is 0.286. The zero-order valence-electron chi connectivity index (χ0n) is 10.8. The van der Waals surface area contributed by atoms with Crippen LogP contribution in [0.1, 0.15) is 5.56 Å². The first-order valence-corrected chi connectivity index (χ1v) is 6.09. The van der Waals surface area contributed by atoms with Gasteiger partial charge in [-0.15, -0.1) is 0 Å². The molecule has 0 saturated heterocycles. The SMILES string of the molecule is Cc1cc(F)ccc1-c1noc(-c2cccc(N)c2)n1. The number of hydrogen-bond donors (Lipinski definition) is 1. The molecule has 100 valence electrons. The van der Waals surface area contributed by atoms with Crippen LogP contribution in [0.3, 0.4) is 0 Å². The van der Waals surface area contributed by atoms with Crippen molar-refractivity contribution in [2.75, 3.05) is 5.73 Å². The first-order valence-electron chi connectivity index (χ1n) is 6.09. The molecule has 0 aliphatic rings. The fraction of sp³-hybridized carbons (Fsp3) is 0.0667. The Balaban J connectivity index is 2.02. The van der Waals surface area contributed by atoms with Crippen molar-refractivity contribution in [3.63, 3.8) is 0 Å². The lowest BCUT2D eigenvalue weighted by atomic mass is 10.1. The van der Waals surface area contributed by atoms with Gasteiger partial charge in [-0.25, -0.2) is 4.39 Å². The number of nitrogens with zero attached hydrogens (tertiary/aromatic N) is 2. The topological polar surface area (TPSA) is 64.9 Å². The summed E-state index contributed by atoms with van der Waals surface area (Å²) in [7, 11) is 0. The lowest BCUT2D eigenvalue weighted by Crippen LogP contribution is -1.88. The van der Waals surface area contributed by atoms with Crippen LogP contribution in [0, 0.1) is 12.7 Å². The number of aromatic nitrogens is 2. The second-order valence-electron chi connectivity index (χ2n) is 4.51. The molecule has 3 rings (SSSR count). The van der Waals surface area contributed by atoms with Gasteiger partial charge in [0.25, 0.3) is 5.89 Å². The van der Waals surface area contributed by atoms with E-state index in [1.165, 1.54) is 12.1 Å². The van der Waals surface area contributed by atoms with Gasteiger partial charge in [0.05, 0.1) is 0 Å². The quantitative estimate of drug-likeness (QED) is 0.724. The smallest absolute Gasteiger partial charge is 0.258 e. The van der Waals surface area contributed by atoms with Gasteiger partial charge >= 0.3 is 0 Å². The molecule has 2 N–H and O–H groups in total. The molecular weight excluding hydrogens is 257 g/mol. The van der Waals surface area contributed by atoms with Gasteiger partial charge in [-0.1, -0.05) is 11.2 Å². The van der Waals surface area contributed by atoms with E-state index in [0.29, 0.717) is 17.4 Å². The van der Waals surface area contributed by atoms with Gasteiger partial charge in [-0.3, -0.25) is 0 Å². The van der Waals surface area contributed by atoms with Gasteiger partial charge < -0.3 is 10.3 Å². The standard InChI is InChI=1S/C15H12FN3O/c1-9-7-11(16)5-6-13(9)14-18-15(20-19-14)10-3-2-4-12(17)8-10/h2-8H,17H2,1H3. The van der Waals surface area contributed by atoms with Crippen LogP contribution in [0.5, 0.6) is 0 Å². The second-order valence-corrected chi connectivity index (χ2v) is 4.51. The Labute approximate surface area is 115 Å². The molecule has 20 heavy (non-hydrogen) atoms. The van der Waals surface area contributed by atoms with Crippen molar-refractivity contribution in [3.05, 3.63) is 53.8 Å². The summed E-state index contributed by atoms with van der Waals surface area (Å²) in [5.41, 5.74) is 8.60. The molecular formula is C15H12FN3O. The molecule has 2 aromatic carbocycles. The lowest BCUT2D eigenvalue weighted by Gasteiger charge is -1.99. The number of rotatable bonds is 2. The summed E-state index contributed by atoms with van der Waals surface area (Å²) in [6.45, 7) is 1.80. The van der Waals surface area contributed by atoms with E-state index in [2.05, 4.69) is 10.1 Å². The molecule has 0 spiro atoms. The molecule has 1 heterocycles. The largest absolute Gasteiger partial charge is 0.399 e. The average Bonchev–Trinajstić information content (AvgIpc) is 2.88. The summed E-state index contributed by atoms with van der Waals surface area (Å²) in [4.78, 5) is 4.33. The number of benzene rings is 2. The summed E-state index contributed by atoms with van der Waals surface area (Å²) in [5, 5.41) is 3.93. The fourth-order valence-corrected chi connectivity index (χ4v) is 2.00. The predicted molar refractivity (Wildman–Crippen MR) is 74.3 cm³/mol. The summed E-state index contributed by atoms with van der Waals surface area (Å²) >= 11 is 0. The fourth-order valence-electron chi connectivity index (χ4n) is 2.00. The molecule has 4 nitrogen and oxygen atoms in total. The number of nitrogen functional groups attached to an aromatic ring is 1. The number of anilines is 1. The molecule has 0 aliphatic carbocycles. The molecule has 0 unspecified atom stereocenters. The highest BCUT2D eigenvalue weighted by atomic mass is 19.1. The Bertz CT molecular complexity index is 767. The highest BCUT2D eigenvalue weighted by molar-refractivity contribution is 5.64. The van der Waals surface area contributed by atoms with E-state index in [-0.39, 0.29) is 5.82 Å². The summed E-state index contributed by atoms with van der Waals surface area (Å²) < 4.78 is 18.3. The number of aryl methyl sites for hydroxylation is 1. The van der Waals surface area contributed by atoms with Crippen molar-refractivity contribution < 1.29 is 8.91 Å². The lowest BCUT2D eigenvalue weighted by molar-refractivity contribution is 0.432. The predicted octanol–water partition coefficient (Wildman–Crippen LogP) is 3.43. The first kappa shape index (κ1) is 12.3. The molecule has 3 aromatic rings. The zero-order chi connectivity index (χ0) is 14.1. The van der Waals surface area contributed by atoms with Crippen molar-refractivity contribution >= 4 is 5.69 Å². The molecule has 1 aromatic heterocycles. The molecule has 0 aliphatic heterocycles. The maximum Gasteiger partial charge on any atom is 0.258 e. The Morgan fingerprint density at radius 2 is 2.00 bits per heavy atom. The van der Waals surface area contributed by atoms with Gasteiger partial charge in [0, 0.05) is 16.8 Å². The maximum atomic E-state index is 13.1. The molecule has 0 saturated carbocycles. The molecule has 0 fully saturated rings. The molecule has 0 radical (unpaired) electrons. The highest BCUT2D eigenvalue weighted by Crippen LogP contribution is 2.25. The van der Waals surface area contributed by atoms with Gasteiger partial charge in [0.1, 0.15) is 5.82 Å².